The Hall–Kier alpha value is -1.26. The highest BCUT2D eigenvalue weighted by Gasteiger charge is 2.30. The van der Waals surface area contributed by atoms with Gasteiger partial charge in [-0.3, -0.25) is 9.97 Å². The van der Waals surface area contributed by atoms with Crippen molar-refractivity contribution in [3.8, 4) is 0 Å². The minimum absolute atomic E-state index is 0.0748. The third-order valence-electron chi connectivity index (χ3n) is 3.53. The van der Waals surface area contributed by atoms with Crippen LogP contribution in [0, 0.1) is 0 Å². The number of halogens is 1. The van der Waals surface area contributed by atoms with Gasteiger partial charge in [-0.2, -0.15) is 0 Å². The molecule has 1 aliphatic rings. The molecule has 4 heteroatoms. The first-order valence-electron chi connectivity index (χ1n) is 6.06. The van der Waals surface area contributed by atoms with E-state index in [1.54, 1.807) is 6.20 Å². The second kappa shape index (κ2) is 4.78. The van der Waals surface area contributed by atoms with E-state index in [2.05, 4.69) is 32.0 Å². The van der Waals surface area contributed by atoms with Crippen LogP contribution in [0.3, 0.4) is 0 Å². The van der Waals surface area contributed by atoms with E-state index < -0.39 is 0 Å². The van der Waals surface area contributed by atoms with Crippen LogP contribution in [-0.2, 0) is 6.42 Å². The molecule has 0 aromatic carbocycles. The summed E-state index contributed by atoms with van der Waals surface area (Å²) < 4.78 is 0.975. The number of aromatic nitrogens is 2. The highest BCUT2D eigenvalue weighted by molar-refractivity contribution is 9.10. The molecule has 0 saturated carbocycles. The Morgan fingerprint density at radius 3 is 2.94 bits per heavy atom. The van der Waals surface area contributed by atoms with Crippen LogP contribution in [0.25, 0.3) is 0 Å². The number of hydrogen-bond acceptors (Lipinski definition) is 3. The smallest absolute Gasteiger partial charge is 0.0578 e. The predicted molar refractivity (Wildman–Crippen MR) is 74.2 cm³/mol. The fourth-order valence-corrected chi connectivity index (χ4v) is 2.82. The summed E-state index contributed by atoms with van der Waals surface area (Å²) in [5, 5.41) is 0. The van der Waals surface area contributed by atoms with Crippen LogP contribution >= 0.6 is 15.9 Å². The van der Waals surface area contributed by atoms with Crippen molar-refractivity contribution in [2.45, 2.75) is 24.8 Å². The monoisotopic (exact) mass is 303 g/mol. The minimum Gasteiger partial charge on any atom is -0.322 e. The fourth-order valence-electron chi connectivity index (χ4n) is 2.58. The summed E-state index contributed by atoms with van der Waals surface area (Å²) in [5.41, 5.74) is 9.76. The van der Waals surface area contributed by atoms with Crippen molar-refractivity contribution < 1.29 is 0 Å². The Morgan fingerprint density at radius 1 is 1.28 bits per heavy atom. The molecular formula is C14H14BrN3. The average Bonchev–Trinajstić information content (AvgIpc) is 2.82. The molecule has 18 heavy (non-hydrogen) atoms. The van der Waals surface area contributed by atoms with E-state index in [1.807, 2.05) is 24.4 Å². The number of rotatable bonds is 2. The van der Waals surface area contributed by atoms with Crippen molar-refractivity contribution in [3.05, 3.63) is 58.1 Å². The van der Waals surface area contributed by atoms with Crippen LogP contribution in [0.4, 0.5) is 0 Å². The number of hydrogen-bond donors (Lipinski definition) is 1. The molecule has 0 fully saturated rings. The third kappa shape index (κ3) is 2.06. The molecule has 3 rings (SSSR count). The van der Waals surface area contributed by atoms with E-state index in [0.717, 1.165) is 28.7 Å². The number of nitrogens with two attached hydrogens (primary N) is 1. The lowest BCUT2D eigenvalue weighted by molar-refractivity contribution is 0.530. The van der Waals surface area contributed by atoms with E-state index in [9.17, 15) is 0 Å². The zero-order valence-electron chi connectivity index (χ0n) is 9.88. The van der Waals surface area contributed by atoms with Crippen molar-refractivity contribution in [1.29, 1.82) is 0 Å². The summed E-state index contributed by atoms with van der Waals surface area (Å²) in [6, 6.07) is 8.02. The summed E-state index contributed by atoms with van der Waals surface area (Å²) in [7, 11) is 0. The molecule has 0 bridgehead atoms. The van der Waals surface area contributed by atoms with Crippen molar-refractivity contribution >= 4 is 15.9 Å². The van der Waals surface area contributed by atoms with Gasteiger partial charge in [0, 0.05) is 28.5 Å². The van der Waals surface area contributed by atoms with Crippen LogP contribution in [0.15, 0.2) is 41.1 Å². The normalized spacial score (nSPS) is 19.6. The van der Waals surface area contributed by atoms with E-state index in [-0.39, 0.29) is 12.0 Å². The topological polar surface area (TPSA) is 51.8 Å². The van der Waals surface area contributed by atoms with Gasteiger partial charge in [-0.25, -0.2) is 0 Å². The quantitative estimate of drug-likeness (QED) is 0.928. The van der Waals surface area contributed by atoms with Gasteiger partial charge in [0.25, 0.3) is 0 Å². The van der Waals surface area contributed by atoms with Gasteiger partial charge in [-0.05, 0) is 52.5 Å². The molecule has 2 heterocycles. The molecule has 0 radical (unpaired) electrons. The first-order valence-corrected chi connectivity index (χ1v) is 6.86. The van der Waals surface area contributed by atoms with Crippen LogP contribution in [0.2, 0.25) is 0 Å². The molecule has 3 nitrogen and oxygen atoms in total. The summed E-state index contributed by atoms with van der Waals surface area (Å²) in [6.07, 6.45) is 5.77. The molecule has 2 aromatic heterocycles. The van der Waals surface area contributed by atoms with Crippen LogP contribution < -0.4 is 5.73 Å². The Bertz CT molecular complexity index is 553. The Balaban J connectivity index is 1.90. The molecular weight excluding hydrogens is 290 g/mol. The standard InChI is InChI=1S/C14H14BrN3/c15-10-4-6-12(18-8-10)13(16)11-5-3-9-2-1-7-17-14(9)11/h1-2,4,6-8,11,13H,3,5,16H2. The minimum atomic E-state index is -0.0748. The molecule has 0 saturated heterocycles. The maximum Gasteiger partial charge on any atom is 0.0578 e. The highest BCUT2D eigenvalue weighted by atomic mass is 79.9. The van der Waals surface area contributed by atoms with E-state index >= 15 is 0 Å². The van der Waals surface area contributed by atoms with E-state index in [1.165, 1.54) is 5.56 Å². The first-order chi connectivity index (χ1) is 8.75. The van der Waals surface area contributed by atoms with E-state index in [0.29, 0.717) is 0 Å². The van der Waals surface area contributed by atoms with Crippen molar-refractivity contribution in [2.24, 2.45) is 5.73 Å². The first kappa shape index (κ1) is 11.8. The molecule has 0 spiro atoms. The predicted octanol–water partition coefficient (Wildman–Crippen LogP) is 2.97. The zero-order chi connectivity index (χ0) is 12.5. The molecule has 1 aliphatic carbocycles. The lowest BCUT2D eigenvalue weighted by Crippen LogP contribution is -2.20. The molecule has 2 atom stereocenters. The third-order valence-corrected chi connectivity index (χ3v) is 4.00. The summed E-state index contributed by atoms with van der Waals surface area (Å²) in [4.78, 5) is 8.88. The fraction of sp³-hybridized carbons (Fsp3) is 0.286. The summed E-state index contributed by atoms with van der Waals surface area (Å²) >= 11 is 3.39. The number of aryl methyl sites for hydroxylation is 1. The Labute approximate surface area is 115 Å². The van der Waals surface area contributed by atoms with Gasteiger partial charge in [-0.1, -0.05) is 6.07 Å². The second-order valence-electron chi connectivity index (χ2n) is 4.62. The lowest BCUT2D eigenvalue weighted by atomic mass is 9.95. The summed E-state index contributed by atoms with van der Waals surface area (Å²) in [5.74, 6) is 0.287. The molecule has 2 aromatic rings. The van der Waals surface area contributed by atoms with Crippen molar-refractivity contribution in [3.63, 3.8) is 0 Å². The SMILES string of the molecule is NC(c1ccc(Br)cn1)C1CCc2cccnc21. The van der Waals surface area contributed by atoms with E-state index in [4.69, 9.17) is 5.73 Å². The number of nitrogens with zero attached hydrogens (tertiary/aromatic N) is 2. The maximum absolute atomic E-state index is 6.35. The van der Waals surface area contributed by atoms with Gasteiger partial charge in [0.05, 0.1) is 11.7 Å². The van der Waals surface area contributed by atoms with Crippen LogP contribution in [0.1, 0.15) is 35.3 Å². The van der Waals surface area contributed by atoms with Gasteiger partial charge in [-0.15, -0.1) is 0 Å². The highest BCUT2D eigenvalue weighted by Crippen LogP contribution is 2.38. The van der Waals surface area contributed by atoms with Gasteiger partial charge in [0.1, 0.15) is 0 Å². The van der Waals surface area contributed by atoms with Crippen molar-refractivity contribution in [2.75, 3.05) is 0 Å². The molecule has 2 N–H and O–H groups in total. The molecule has 0 amide bonds. The number of pyridine rings is 2. The lowest BCUT2D eigenvalue weighted by Gasteiger charge is -2.18. The average molecular weight is 304 g/mol. The number of fused-ring (bicyclic) bond motifs is 1. The maximum atomic E-state index is 6.35. The van der Waals surface area contributed by atoms with Gasteiger partial charge in [0.15, 0.2) is 0 Å². The van der Waals surface area contributed by atoms with Gasteiger partial charge >= 0.3 is 0 Å². The zero-order valence-corrected chi connectivity index (χ0v) is 11.5. The van der Waals surface area contributed by atoms with Crippen LogP contribution in [0.5, 0.6) is 0 Å². The van der Waals surface area contributed by atoms with Gasteiger partial charge in [0.2, 0.25) is 0 Å². The Morgan fingerprint density at radius 2 is 2.17 bits per heavy atom. The molecule has 92 valence electrons. The van der Waals surface area contributed by atoms with Crippen molar-refractivity contribution in [1.82, 2.24) is 9.97 Å². The Kier molecular flexibility index (Phi) is 3.14. The summed E-state index contributed by atoms with van der Waals surface area (Å²) in [6.45, 7) is 0. The largest absolute Gasteiger partial charge is 0.322 e. The molecule has 0 aliphatic heterocycles. The molecule has 2 unspecified atom stereocenters. The second-order valence-corrected chi connectivity index (χ2v) is 5.54. The van der Waals surface area contributed by atoms with Crippen LogP contribution in [-0.4, -0.2) is 9.97 Å². The van der Waals surface area contributed by atoms with Gasteiger partial charge < -0.3 is 5.73 Å².